The summed E-state index contributed by atoms with van der Waals surface area (Å²) in [6.45, 7) is 5.80. The molecule has 0 aromatic rings. The Bertz CT molecular complexity index is 248. The molecule has 0 saturated heterocycles. The summed E-state index contributed by atoms with van der Waals surface area (Å²) >= 11 is 3.30. The van der Waals surface area contributed by atoms with Crippen LogP contribution in [0.4, 0.5) is 0 Å². The van der Waals surface area contributed by atoms with Crippen molar-refractivity contribution in [2.24, 2.45) is 5.92 Å². The number of carbonyl (C=O) groups excluding carboxylic acids is 2. The van der Waals surface area contributed by atoms with Crippen LogP contribution < -0.4 is 5.32 Å². The van der Waals surface area contributed by atoms with Crippen LogP contribution in [0.1, 0.15) is 20.8 Å². The first-order chi connectivity index (χ1) is 6.70. The van der Waals surface area contributed by atoms with Crippen molar-refractivity contribution in [3.05, 3.63) is 0 Å². The van der Waals surface area contributed by atoms with E-state index in [-0.39, 0.29) is 17.7 Å². The highest BCUT2D eigenvalue weighted by atomic mass is 79.9. The van der Waals surface area contributed by atoms with E-state index < -0.39 is 4.32 Å². The molecule has 0 aromatic heterocycles. The molecular weight excluding hydrogens is 260 g/mol. The number of hydrogen-bond acceptors (Lipinski definition) is 2. The van der Waals surface area contributed by atoms with Gasteiger partial charge in [-0.25, -0.2) is 0 Å². The first kappa shape index (κ1) is 14.4. The zero-order valence-corrected chi connectivity index (χ0v) is 11.5. The average molecular weight is 279 g/mol. The molecule has 0 saturated carbocycles. The van der Waals surface area contributed by atoms with Crippen LogP contribution in [0.15, 0.2) is 0 Å². The molecule has 0 heterocycles. The third kappa shape index (κ3) is 4.64. The van der Waals surface area contributed by atoms with Crippen molar-refractivity contribution in [3.63, 3.8) is 0 Å². The number of amides is 2. The second-order valence-corrected chi connectivity index (χ2v) is 6.16. The predicted molar refractivity (Wildman–Crippen MR) is 63.9 cm³/mol. The lowest BCUT2D eigenvalue weighted by molar-refractivity contribution is -0.133. The predicted octanol–water partition coefficient (Wildman–Crippen LogP) is 1.00. The van der Waals surface area contributed by atoms with Crippen LogP contribution >= 0.6 is 15.9 Å². The molecule has 0 aliphatic rings. The fourth-order valence-electron chi connectivity index (χ4n) is 1.28. The van der Waals surface area contributed by atoms with Crippen LogP contribution in [-0.2, 0) is 9.59 Å². The zero-order chi connectivity index (χ0) is 12.2. The maximum absolute atomic E-state index is 11.8. The van der Waals surface area contributed by atoms with Crippen LogP contribution in [0.25, 0.3) is 0 Å². The molecule has 0 spiro atoms. The van der Waals surface area contributed by atoms with Crippen molar-refractivity contribution in [2.75, 3.05) is 20.6 Å². The number of alkyl halides is 1. The monoisotopic (exact) mass is 278 g/mol. The van der Waals surface area contributed by atoms with Crippen molar-refractivity contribution < 1.29 is 9.59 Å². The van der Waals surface area contributed by atoms with E-state index in [9.17, 15) is 9.59 Å². The SMILES string of the molecule is CNC(=O)C(C)CN(C)C(=O)C(C)(C)Br. The lowest BCUT2D eigenvalue weighted by Gasteiger charge is -2.26. The van der Waals surface area contributed by atoms with Crippen molar-refractivity contribution in [1.82, 2.24) is 10.2 Å². The van der Waals surface area contributed by atoms with Gasteiger partial charge in [0.1, 0.15) is 0 Å². The van der Waals surface area contributed by atoms with E-state index in [1.807, 2.05) is 0 Å². The van der Waals surface area contributed by atoms with Crippen LogP contribution in [0.2, 0.25) is 0 Å². The topological polar surface area (TPSA) is 49.4 Å². The third-order valence-electron chi connectivity index (χ3n) is 2.10. The Labute approximate surface area is 99.5 Å². The molecule has 1 atom stereocenters. The first-order valence-electron chi connectivity index (χ1n) is 4.86. The van der Waals surface area contributed by atoms with Gasteiger partial charge in [-0.3, -0.25) is 9.59 Å². The van der Waals surface area contributed by atoms with Crippen LogP contribution in [0, 0.1) is 5.92 Å². The van der Waals surface area contributed by atoms with Crippen LogP contribution in [0.3, 0.4) is 0 Å². The Balaban J connectivity index is 4.32. The summed E-state index contributed by atoms with van der Waals surface area (Å²) in [6, 6.07) is 0. The zero-order valence-electron chi connectivity index (χ0n) is 9.93. The molecule has 0 bridgehead atoms. The van der Waals surface area contributed by atoms with E-state index in [0.717, 1.165) is 0 Å². The quantitative estimate of drug-likeness (QED) is 0.780. The van der Waals surface area contributed by atoms with Gasteiger partial charge in [0.15, 0.2) is 0 Å². The minimum absolute atomic E-state index is 0.0294. The second-order valence-electron chi connectivity index (χ2n) is 4.17. The molecule has 15 heavy (non-hydrogen) atoms. The minimum Gasteiger partial charge on any atom is -0.359 e. The number of nitrogens with zero attached hydrogens (tertiary/aromatic N) is 1. The third-order valence-corrected chi connectivity index (χ3v) is 2.44. The second kappa shape index (κ2) is 5.49. The number of nitrogens with one attached hydrogen (secondary N) is 1. The van der Waals surface area contributed by atoms with Crippen molar-refractivity contribution in [2.45, 2.75) is 25.1 Å². The fraction of sp³-hybridized carbons (Fsp3) is 0.800. The minimum atomic E-state index is -0.579. The van der Waals surface area contributed by atoms with E-state index in [2.05, 4.69) is 21.2 Å². The molecule has 88 valence electrons. The highest BCUT2D eigenvalue weighted by Gasteiger charge is 2.28. The van der Waals surface area contributed by atoms with Gasteiger partial charge in [0, 0.05) is 20.6 Å². The lowest BCUT2D eigenvalue weighted by Crippen LogP contribution is -2.43. The van der Waals surface area contributed by atoms with Crippen LogP contribution in [0.5, 0.6) is 0 Å². The van der Waals surface area contributed by atoms with Crippen molar-refractivity contribution >= 4 is 27.7 Å². The van der Waals surface area contributed by atoms with Gasteiger partial charge < -0.3 is 10.2 Å². The Morgan fingerprint density at radius 2 is 1.93 bits per heavy atom. The van der Waals surface area contributed by atoms with Gasteiger partial charge in [-0.15, -0.1) is 0 Å². The van der Waals surface area contributed by atoms with Gasteiger partial charge in [-0.05, 0) is 13.8 Å². The molecule has 2 amide bonds. The molecule has 0 radical (unpaired) electrons. The van der Waals surface area contributed by atoms with Gasteiger partial charge in [0.05, 0.1) is 10.2 Å². The van der Waals surface area contributed by atoms with Gasteiger partial charge in [-0.2, -0.15) is 0 Å². The molecule has 1 N–H and O–H groups in total. The largest absolute Gasteiger partial charge is 0.359 e. The standard InChI is InChI=1S/C10H19BrN2O2/c1-7(8(14)12-4)6-13(5)9(15)10(2,3)11/h7H,6H2,1-5H3,(H,12,14). The highest BCUT2D eigenvalue weighted by molar-refractivity contribution is 9.10. The molecule has 0 aromatic carbocycles. The highest BCUT2D eigenvalue weighted by Crippen LogP contribution is 2.19. The van der Waals surface area contributed by atoms with Crippen molar-refractivity contribution in [1.29, 1.82) is 0 Å². The average Bonchev–Trinajstić information content (AvgIpc) is 2.13. The molecule has 4 nitrogen and oxygen atoms in total. The summed E-state index contributed by atoms with van der Waals surface area (Å²) in [4.78, 5) is 24.6. The number of hydrogen-bond donors (Lipinski definition) is 1. The number of rotatable bonds is 4. The van der Waals surface area contributed by atoms with E-state index in [1.54, 1.807) is 39.8 Å². The van der Waals surface area contributed by atoms with Gasteiger partial charge >= 0.3 is 0 Å². The van der Waals surface area contributed by atoms with Gasteiger partial charge in [-0.1, -0.05) is 22.9 Å². The molecule has 0 fully saturated rings. The summed E-state index contributed by atoms with van der Waals surface area (Å²) < 4.78 is -0.579. The smallest absolute Gasteiger partial charge is 0.238 e. The van der Waals surface area contributed by atoms with E-state index in [0.29, 0.717) is 6.54 Å². The summed E-state index contributed by atoms with van der Waals surface area (Å²) in [7, 11) is 3.29. The summed E-state index contributed by atoms with van der Waals surface area (Å²) in [5.74, 6) is -0.279. The summed E-state index contributed by atoms with van der Waals surface area (Å²) in [5.41, 5.74) is 0. The van der Waals surface area contributed by atoms with Gasteiger partial charge in [0.25, 0.3) is 0 Å². The normalized spacial score (nSPS) is 13.2. The number of carbonyl (C=O) groups is 2. The molecule has 0 aliphatic heterocycles. The number of halogens is 1. The molecular formula is C10H19BrN2O2. The lowest BCUT2D eigenvalue weighted by atomic mass is 10.1. The maximum Gasteiger partial charge on any atom is 0.238 e. The maximum atomic E-state index is 11.8. The summed E-state index contributed by atoms with van der Waals surface area (Å²) in [6.07, 6.45) is 0. The molecule has 0 aliphatic carbocycles. The van der Waals surface area contributed by atoms with Gasteiger partial charge in [0.2, 0.25) is 11.8 Å². The Morgan fingerprint density at radius 3 is 2.27 bits per heavy atom. The van der Waals surface area contributed by atoms with E-state index in [1.165, 1.54) is 0 Å². The Kier molecular flexibility index (Phi) is 5.28. The van der Waals surface area contributed by atoms with Crippen LogP contribution in [-0.4, -0.2) is 41.7 Å². The summed E-state index contributed by atoms with van der Waals surface area (Å²) in [5, 5.41) is 2.56. The fourth-order valence-corrected chi connectivity index (χ4v) is 1.58. The van der Waals surface area contributed by atoms with Crippen molar-refractivity contribution in [3.8, 4) is 0 Å². The Morgan fingerprint density at radius 1 is 1.47 bits per heavy atom. The molecule has 1 unspecified atom stereocenters. The molecule has 5 heteroatoms. The van der Waals surface area contributed by atoms with E-state index >= 15 is 0 Å². The van der Waals surface area contributed by atoms with E-state index in [4.69, 9.17) is 0 Å². The molecule has 0 rings (SSSR count). The first-order valence-corrected chi connectivity index (χ1v) is 5.65. The Hall–Kier alpha value is -0.580.